The number of nitrogens with zero attached hydrogens (tertiary/aromatic N) is 4. The van der Waals surface area contributed by atoms with Crippen molar-refractivity contribution in [3.8, 4) is 0 Å². The Morgan fingerprint density at radius 3 is 2.63 bits per heavy atom. The first-order chi connectivity index (χ1) is 14.7. The third-order valence-corrected chi connectivity index (χ3v) is 6.29. The van der Waals surface area contributed by atoms with Gasteiger partial charge in [0.15, 0.2) is 5.65 Å². The van der Waals surface area contributed by atoms with Gasteiger partial charge in [-0.25, -0.2) is 9.97 Å². The molecule has 0 radical (unpaired) electrons. The number of anilines is 1. The van der Waals surface area contributed by atoms with E-state index in [4.69, 9.17) is 15.7 Å². The molecule has 4 aromatic rings. The van der Waals surface area contributed by atoms with Crippen LogP contribution in [0.4, 0.5) is 5.82 Å². The van der Waals surface area contributed by atoms with E-state index in [1.807, 2.05) is 41.8 Å². The maximum absolute atomic E-state index is 13.2. The van der Waals surface area contributed by atoms with Gasteiger partial charge in [-0.15, -0.1) is 11.3 Å². The molecule has 5 rings (SSSR count). The topological polar surface area (TPSA) is 98.2 Å². The molecule has 0 unspecified atom stereocenters. The van der Waals surface area contributed by atoms with E-state index in [1.54, 1.807) is 17.6 Å². The fourth-order valence-electron chi connectivity index (χ4n) is 3.97. The van der Waals surface area contributed by atoms with Crippen molar-refractivity contribution in [1.82, 2.24) is 20.0 Å². The second-order valence-electron chi connectivity index (χ2n) is 7.52. The van der Waals surface area contributed by atoms with Crippen LogP contribution < -0.4 is 11.1 Å². The number of nitrogens with two attached hydrogens (primary N) is 1. The van der Waals surface area contributed by atoms with Crippen molar-refractivity contribution in [2.24, 2.45) is 5.10 Å². The van der Waals surface area contributed by atoms with E-state index in [9.17, 15) is 4.79 Å². The fraction of sp³-hybridized carbons (Fsp3) is 0.273. The number of rotatable bonds is 4. The normalized spacial score (nSPS) is 15.3. The molecule has 1 aromatic carbocycles. The van der Waals surface area contributed by atoms with Gasteiger partial charge in [0.1, 0.15) is 16.9 Å². The summed E-state index contributed by atoms with van der Waals surface area (Å²) in [6.45, 7) is 0. The number of thiophene rings is 1. The van der Waals surface area contributed by atoms with E-state index < -0.39 is 0 Å². The highest BCUT2D eigenvalue weighted by atomic mass is 32.1. The maximum atomic E-state index is 13.2. The molecule has 7 nitrogen and oxygen atoms in total. The minimum atomic E-state index is -0.209. The van der Waals surface area contributed by atoms with Gasteiger partial charge in [0.2, 0.25) is 0 Å². The third kappa shape index (κ3) is 3.43. The van der Waals surface area contributed by atoms with Crippen LogP contribution in [0.1, 0.15) is 47.3 Å². The standard InChI is InChI=1S/C22H22N6OS/c23-20-18(22(29)25-14-7-2-1-3-8-14)19-21(27-17-11-5-4-10-16(17)26-19)28(20)24-13-15-9-6-12-30-15/h4-6,9-14H,1-3,7-8,23H2,(H,25,29)/b24-13-. The first kappa shape index (κ1) is 18.7. The van der Waals surface area contributed by atoms with Crippen molar-refractivity contribution in [3.63, 3.8) is 0 Å². The summed E-state index contributed by atoms with van der Waals surface area (Å²) in [6, 6.07) is 11.7. The molecule has 1 fully saturated rings. The average molecular weight is 419 g/mol. The van der Waals surface area contributed by atoms with Gasteiger partial charge in [-0.2, -0.15) is 9.78 Å². The maximum Gasteiger partial charge on any atom is 0.257 e. The van der Waals surface area contributed by atoms with Crippen LogP contribution in [0.2, 0.25) is 0 Å². The summed E-state index contributed by atoms with van der Waals surface area (Å²) >= 11 is 1.57. The summed E-state index contributed by atoms with van der Waals surface area (Å²) in [4.78, 5) is 23.6. The number of hydrogen-bond donors (Lipinski definition) is 2. The van der Waals surface area contributed by atoms with E-state index in [1.165, 1.54) is 11.1 Å². The Hall–Kier alpha value is -3.26. The van der Waals surface area contributed by atoms with Crippen LogP contribution in [0.15, 0.2) is 46.9 Å². The SMILES string of the molecule is Nc1c(C(=O)NC2CCCCC2)c2nc3ccccc3nc2n1/N=C\c1cccs1. The minimum Gasteiger partial charge on any atom is -0.383 e. The van der Waals surface area contributed by atoms with Crippen molar-refractivity contribution < 1.29 is 4.79 Å². The summed E-state index contributed by atoms with van der Waals surface area (Å²) in [5, 5.41) is 9.66. The number of nitrogens with one attached hydrogen (secondary N) is 1. The van der Waals surface area contributed by atoms with E-state index in [0.717, 1.165) is 41.6 Å². The number of fused-ring (bicyclic) bond motifs is 2. The van der Waals surface area contributed by atoms with Crippen LogP contribution in [0.25, 0.3) is 22.2 Å². The summed E-state index contributed by atoms with van der Waals surface area (Å²) in [5.74, 6) is 0.0421. The molecule has 0 saturated heterocycles. The largest absolute Gasteiger partial charge is 0.383 e. The highest BCUT2D eigenvalue weighted by Gasteiger charge is 2.26. The number of carbonyl (C=O) groups excluding carboxylic acids is 1. The fourth-order valence-corrected chi connectivity index (χ4v) is 4.55. The summed E-state index contributed by atoms with van der Waals surface area (Å²) in [7, 11) is 0. The van der Waals surface area contributed by atoms with Crippen LogP contribution in [-0.4, -0.2) is 32.8 Å². The van der Waals surface area contributed by atoms with Crippen molar-refractivity contribution in [3.05, 3.63) is 52.2 Å². The molecule has 1 aliphatic rings. The van der Waals surface area contributed by atoms with E-state index in [0.29, 0.717) is 16.7 Å². The number of para-hydroxylation sites is 2. The number of amides is 1. The second kappa shape index (κ2) is 7.87. The van der Waals surface area contributed by atoms with Gasteiger partial charge < -0.3 is 11.1 Å². The molecular formula is C22H22N6OS. The second-order valence-corrected chi connectivity index (χ2v) is 8.50. The lowest BCUT2D eigenvalue weighted by Gasteiger charge is -2.22. The molecule has 0 spiro atoms. The number of benzene rings is 1. The molecule has 3 N–H and O–H groups in total. The minimum absolute atomic E-state index is 0.173. The Bertz CT molecular complexity index is 1240. The lowest BCUT2D eigenvalue weighted by Crippen LogP contribution is -2.36. The zero-order valence-corrected chi connectivity index (χ0v) is 17.2. The van der Waals surface area contributed by atoms with Crippen molar-refractivity contribution in [1.29, 1.82) is 0 Å². The predicted octanol–water partition coefficient (Wildman–Crippen LogP) is 4.17. The van der Waals surface area contributed by atoms with Gasteiger partial charge in [-0.1, -0.05) is 37.5 Å². The van der Waals surface area contributed by atoms with Gasteiger partial charge in [0, 0.05) is 10.9 Å². The number of aromatic nitrogens is 3. The van der Waals surface area contributed by atoms with Crippen LogP contribution in [-0.2, 0) is 0 Å². The molecule has 3 aromatic heterocycles. The first-order valence-electron chi connectivity index (χ1n) is 10.2. The molecule has 152 valence electrons. The molecule has 8 heteroatoms. The molecule has 30 heavy (non-hydrogen) atoms. The Kier molecular flexibility index (Phi) is 4.92. The van der Waals surface area contributed by atoms with Crippen molar-refractivity contribution in [2.75, 3.05) is 5.73 Å². The van der Waals surface area contributed by atoms with Crippen molar-refractivity contribution in [2.45, 2.75) is 38.1 Å². The van der Waals surface area contributed by atoms with Crippen LogP contribution >= 0.6 is 11.3 Å². The molecule has 3 heterocycles. The molecule has 1 aliphatic carbocycles. The summed E-state index contributed by atoms with van der Waals surface area (Å²) < 4.78 is 1.52. The average Bonchev–Trinajstić information content (AvgIpc) is 3.37. The number of carbonyl (C=O) groups is 1. The quantitative estimate of drug-likeness (QED) is 0.486. The zero-order chi connectivity index (χ0) is 20.5. The van der Waals surface area contributed by atoms with Gasteiger partial charge in [0.25, 0.3) is 5.91 Å². The lowest BCUT2D eigenvalue weighted by molar-refractivity contribution is 0.0930. The van der Waals surface area contributed by atoms with E-state index in [-0.39, 0.29) is 17.8 Å². The Morgan fingerprint density at radius 2 is 1.90 bits per heavy atom. The summed E-state index contributed by atoms with van der Waals surface area (Å²) in [6.07, 6.45) is 7.21. The number of hydrogen-bond acceptors (Lipinski definition) is 6. The Balaban J connectivity index is 1.63. The zero-order valence-electron chi connectivity index (χ0n) is 16.4. The molecule has 0 atom stereocenters. The first-order valence-corrected chi connectivity index (χ1v) is 11.0. The third-order valence-electron chi connectivity index (χ3n) is 5.48. The predicted molar refractivity (Wildman–Crippen MR) is 121 cm³/mol. The van der Waals surface area contributed by atoms with E-state index in [2.05, 4.69) is 10.4 Å². The molecule has 1 amide bonds. The smallest absolute Gasteiger partial charge is 0.257 e. The Morgan fingerprint density at radius 1 is 1.13 bits per heavy atom. The highest BCUT2D eigenvalue weighted by molar-refractivity contribution is 7.11. The van der Waals surface area contributed by atoms with Crippen LogP contribution in [0.3, 0.4) is 0 Å². The van der Waals surface area contributed by atoms with Gasteiger partial charge >= 0.3 is 0 Å². The van der Waals surface area contributed by atoms with Crippen LogP contribution in [0, 0.1) is 0 Å². The van der Waals surface area contributed by atoms with Gasteiger partial charge in [-0.3, -0.25) is 4.79 Å². The van der Waals surface area contributed by atoms with Crippen molar-refractivity contribution >= 4 is 51.5 Å². The highest BCUT2D eigenvalue weighted by Crippen LogP contribution is 2.28. The van der Waals surface area contributed by atoms with Gasteiger partial charge in [0.05, 0.1) is 17.2 Å². The van der Waals surface area contributed by atoms with E-state index >= 15 is 0 Å². The molecular weight excluding hydrogens is 396 g/mol. The lowest BCUT2D eigenvalue weighted by atomic mass is 9.95. The Labute approximate surface area is 177 Å². The monoisotopic (exact) mass is 418 g/mol. The van der Waals surface area contributed by atoms with Crippen LogP contribution in [0.5, 0.6) is 0 Å². The number of nitrogen functional groups attached to an aromatic ring is 1. The molecule has 0 aliphatic heterocycles. The molecule has 1 saturated carbocycles. The summed E-state index contributed by atoms with van der Waals surface area (Å²) in [5.41, 5.74) is 9.18. The van der Waals surface area contributed by atoms with Gasteiger partial charge in [-0.05, 0) is 36.4 Å². The molecule has 0 bridgehead atoms.